The molecule has 1 unspecified atom stereocenters. The summed E-state index contributed by atoms with van der Waals surface area (Å²) in [4.78, 5) is 14.1. The highest BCUT2D eigenvalue weighted by Crippen LogP contribution is 2.35. The highest BCUT2D eigenvalue weighted by atomic mass is 79.9. The standard InChI is InChI=1S/C26H32BrN5O/c1-5-31(6-2)24-10-9-21(15-23(24)27)30-25-22-14-18(3)32(16-19(22)11-13-28-25)26-20(17-33-4)8-7-12-29-26/h7-13,15,18H,5-6,14,16-17H2,1-4H3,(H,28,30). The topological polar surface area (TPSA) is 53.5 Å². The van der Waals surface area contributed by atoms with Crippen molar-refractivity contribution in [3.8, 4) is 0 Å². The molecule has 6 nitrogen and oxygen atoms in total. The molecule has 1 aliphatic rings. The van der Waals surface area contributed by atoms with Crippen molar-refractivity contribution in [3.05, 3.63) is 70.0 Å². The lowest BCUT2D eigenvalue weighted by Crippen LogP contribution is -2.40. The van der Waals surface area contributed by atoms with Crippen LogP contribution in [0.3, 0.4) is 0 Å². The molecular formula is C26H32BrN5O. The average Bonchev–Trinajstić information content (AvgIpc) is 2.82. The van der Waals surface area contributed by atoms with E-state index in [0.29, 0.717) is 12.6 Å². The van der Waals surface area contributed by atoms with Gasteiger partial charge in [-0.15, -0.1) is 0 Å². The van der Waals surface area contributed by atoms with Gasteiger partial charge in [-0.25, -0.2) is 9.97 Å². The number of anilines is 4. The molecule has 3 aromatic rings. The summed E-state index contributed by atoms with van der Waals surface area (Å²) in [6.07, 6.45) is 4.65. The van der Waals surface area contributed by atoms with Crippen LogP contribution in [0, 0.1) is 0 Å². The molecule has 3 heterocycles. The molecule has 1 atom stereocenters. The van der Waals surface area contributed by atoms with Gasteiger partial charge in [-0.3, -0.25) is 0 Å². The first-order valence-corrected chi connectivity index (χ1v) is 12.3. The second-order valence-electron chi connectivity index (χ2n) is 8.36. The Morgan fingerprint density at radius 1 is 1.15 bits per heavy atom. The molecule has 1 aromatic carbocycles. The van der Waals surface area contributed by atoms with Gasteiger partial charge >= 0.3 is 0 Å². The number of nitrogens with one attached hydrogen (secondary N) is 1. The normalized spacial score (nSPS) is 15.3. The lowest BCUT2D eigenvalue weighted by Gasteiger charge is -2.37. The molecule has 7 heteroatoms. The Bertz CT molecular complexity index is 1100. The van der Waals surface area contributed by atoms with Crippen molar-refractivity contribution < 1.29 is 4.74 Å². The number of aromatic nitrogens is 2. The number of rotatable bonds is 8. The number of benzene rings is 1. The van der Waals surface area contributed by atoms with Gasteiger partial charge in [-0.2, -0.15) is 0 Å². The Morgan fingerprint density at radius 3 is 2.70 bits per heavy atom. The van der Waals surface area contributed by atoms with Gasteiger partial charge in [0.15, 0.2) is 0 Å². The molecule has 0 bridgehead atoms. The molecule has 0 amide bonds. The maximum absolute atomic E-state index is 5.40. The molecule has 33 heavy (non-hydrogen) atoms. The molecule has 0 spiro atoms. The number of pyridine rings is 2. The fourth-order valence-electron chi connectivity index (χ4n) is 4.54. The first-order chi connectivity index (χ1) is 16.0. The van der Waals surface area contributed by atoms with E-state index in [1.54, 1.807) is 7.11 Å². The summed E-state index contributed by atoms with van der Waals surface area (Å²) in [6, 6.07) is 12.9. The molecule has 174 valence electrons. The van der Waals surface area contributed by atoms with Crippen molar-refractivity contribution in [1.29, 1.82) is 0 Å². The van der Waals surface area contributed by atoms with E-state index in [9.17, 15) is 0 Å². The third kappa shape index (κ3) is 4.99. The van der Waals surface area contributed by atoms with Crippen molar-refractivity contribution in [2.24, 2.45) is 0 Å². The average molecular weight is 510 g/mol. The molecule has 0 saturated carbocycles. The monoisotopic (exact) mass is 509 g/mol. The van der Waals surface area contributed by atoms with Crippen molar-refractivity contribution in [2.45, 2.75) is 46.4 Å². The Kier molecular flexibility index (Phi) is 7.50. The molecule has 4 rings (SSSR count). The Hall–Kier alpha value is -2.64. The molecule has 0 fully saturated rings. The minimum Gasteiger partial charge on any atom is -0.380 e. The third-order valence-corrected chi connectivity index (χ3v) is 6.91. The zero-order chi connectivity index (χ0) is 23.4. The van der Waals surface area contributed by atoms with Crippen LogP contribution in [0.1, 0.15) is 37.5 Å². The smallest absolute Gasteiger partial charge is 0.134 e. The number of ether oxygens (including phenoxy) is 1. The molecule has 1 aliphatic heterocycles. The summed E-state index contributed by atoms with van der Waals surface area (Å²) in [5.41, 5.74) is 5.90. The van der Waals surface area contributed by atoms with E-state index in [1.165, 1.54) is 16.8 Å². The molecule has 0 aliphatic carbocycles. The van der Waals surface area contributed by atoms with E-state index in [0.717, 1.165) is 53.4 Å². The summed E-state index contributed by atoms with van der Waals surface area (Å²) in [7, 11) is 1.72. The molecule has 2 aromatic heterocycles. The fourth-order valence-corrected chi connectivity index (χ4v) is 5.17. The van der Waals surface area contributed by atoms with Crippen LogP contribution in [0.5, 0.6) is 0 Å². The molecule has 0 saturated heterocycles. The van der Waals surface area contributed by atoms with Crippen molar-refractivity contribution >= 4 is 38.9 Å². The molecule has 0 radical (unpaired) electrons. The van der Waals surface area contributed by atoms with Crippen molar-refractivity contribution in [2.75, 3.05) is 35.3 Å². The van der Waals surface area contributed by atoms with Gasteiger partial charge in [0.1, 0.15) is 11.6 Å². The predicted molar refractivity (Wildman–Crippen MR) is 140 cm³/mol. The van der Waals surface area contributed by atoms with Crippen LogP contribution in [-0.2, 0) is 24.3 Å². The Morgan fingerprint density at radius 2 is 1.97 bits per heavy atom. The van der Waals surface area contributed by atoms with Gasteiger partial charge in [0.05, 0.1) is 12.3 Å². The lowest BCUT2D eigenvalue weighted by molar-refractivity contribution is 0.184. The van der Waals surface area contributed by atoms with E-state index >= 15 is 0 Å². The van der Waals surface area contributed by atoms with Gasteiger partial charge in [-0.05, 0) is 79.0 Å². The van der Waals surface area contributed by atoms with E-state index in [2.05, 4.69) is 87.1 Å². The first-order valence-electron chi connectivity index (χ1n) is 11.5. The molecule has 1 N–H and O–H groups in total. The zero-order valence-corrected chi connectivity index (χ0v) is 21.4. The number of hydrogen-bond donors (Lipinski definition) is 1. The first kappa shape index (κ1) is 23.5. The number of fused-ring (bicyclic) bond motifs is 1. The second-order valence-corrected chi connectivity index (χ2v) is 9.22. The van der Waals surface area contributed by atoms with Crippen molar-refractivity contribution in [1.82, 2.24) is 9.97 Å². The van der Waals surface area contributed by atoms with Crippen LogP contribution < -0.4 is 15.1 Å². The SMILES string of the molecule is CCN(CC)c1ccc(Nc2nccc3c2CC(C)N(c2ncccc2COC)C3)cc1Br. The highest BCUT2D eigenvalue weighted by Gasteiger charge is 2.27. The minimum atomic E-state index is 0.296. The fraction of sp³-hybridized carbons (Fsp3) is 0.385. The van der Waals surface area contributed by atoms with Crippen molar-refractivity contribution in [3.63, 3.8) is 0 Å². The third-order valence-electron chi connectivity index (χ3n) is 6.28. The second kappa shape index (κ2) is 10.5. The van der Waals surface area contributed by atoms with Crippen LogP contribution in [0.15, 0.2) is 53.3 Å². The van der Waals surface area contributed by atoms with Gasteiger partial charge in [0.25, 0.3) is 0 Å². The number of methoxy groups -OCH3 is 1. The van der Waals surface area contributed by atoms with Crippen LogP contribution in [0.4, 0.5) is 23.0 Å². The summed E-state index contributed by atoms with van der Waals surface area (Å²) in [6.45, 7) is 9.91. The van der Waals surface area contributed by atoms with Gasteiger partial charge in [0, 0.05) is 66.5 Å². The van der Waals surface area contributed by atoms with E-state index in [4.69, 9.17) is 9.72 Å². The molecular weight excluding hydrogens is 478 g/mol. The van der Waals surface area contributed by atoms with Crippen LogP contribution in [-0.4, -0.2) is 36.2 Å². The summed E-state index contributed by atoms with van der Waals surface area (Å²) in [5.74, 6) is 1.93. The van der Waals surface area contributed by atoms with Gasteiger partial charge in [0.2, 0.25) is 0 Å². The van der Waals surface area contributed by atoms with Crippen LogP contribution in [0.2, 0.25) is 0 Å². The van der Waals surface area contributed by atoms with E-state index < -0.39 is 0 Å². The Labute approximate surface area is 205 Å². The van der Waals surface area contributed by atoms with Crippen LogP contribution >= 0.6 is 15.9 Å². The largest absolute Gasteiger partial charge is 0.380 e. The maximum Gasteiger partial charge on any atom is 0.134 e. The summed E-state index contributed by atoms with van der Waals surface area (Å²) < 4.78 is 6.49. The van der Waals surface area contributed by atoms with Gasteiger partial charge < -0.3 is 19.9 Å². The Balaban J connectivity index is 1.59. The zero-order valence-electron chi connectivity index (χ0n) is 19.8. The minimum absolute atomic E-state index is 0.296. The van der Waals surface area contributed by atoms with Crippen LogP contribution in [0.25, 0.3) is 0 Å². The predicted octanol–water partition coefficient (Wildman–Crippen LogP) is 5.93. The maximum atomic E-state index is 5.40. The number of hydrogen-bond acceptors (Lipinski definition) is 6. The van der Waals surface area contributed by atoms with E-state index in [1.807, 2.05) is 18.5 Å². The summed E-state index contributed by atoms with van der Waals surface area (Å²) >= 11 is 3.75. The number of nitrogens with zero attached hydrogens (tertiary/aromatic N) is 4. The number of halogens is 1. The highest BCUT2D eigenvalue weighted by molar-refractivity contribution is 9.10. The van der Waals surface area contributed by atoms with Gasteiger partial charge in [-0.1, -0.05) is 6.07 Å². The lowest BCUT2D eigenvalue weighted by atomic mass is 9.95. The van der Waals surface area contributed by atoms with E-state index in [-0.39, 0.29) is 0 Å². The quantitative estimate of drug-likeness (QED) is 0.406. The summed E-state index contributed by atoms with van der Waals surface area (Å²) in [5, 5.41) is 3.57.